The maximum atomic E-state index is 11.1. The highest BCUT2D eigenvalue weighted by Gasteiger charge is 2.16. The van der Waals surface area contributed by atoms with Gasteiger partial charge in [0.15, 0.2) is 0 Å². The lowest BCUT2D eigenvalue weighted by Crippen LogP contribution is -2.38. The molecule has 0 fully saturated rings. The van der Waals surface area contributed by atoms with Gasteiger partial charge in [-0.3, -0.25) is 14.4 Å². The Labute approximate surface area is 94.4 Å². The molecule has 0 aromatic heterocycles. The van der Waals surface area contributed by atoms with Gasteiger partial charge in [-0.25, -0.2) is 0 Å². The minimum Gasteiger partial charge on any atom is -0.481 e. The SMILES string of the molecule is CC(=O)NCCCNC(CC(=O)O)C(C)=O. The zero-order valence-electron chi connectivity index (χ0n) is 9.58. The first-order valence-electron chi connectivity index (χ1n) is 5.13. The maximum absolute atomic E-state index is 11.1. The number of amides is 1. The Hall–Kier alpha value is -1.43. The fourth-order valence-corrected chi connectivity index (χ4v) is 1.16. The molecule has 16 heavy (non-hydrogen) atoms. The van der Waals surface area contributed by atoms with E-state index in [0.29, 0.717) is 19.5 Å². The van der Waals surface area contributed by atoms with Crippen LogP contribution in [-0.4, -0.2) is 41.9 Å². The molecule has 0 aromatic rings. The quantitative estimate of drug-likeness (QED) is 0.490. The highest BCUT2D eigenvalue weighted by Crippen LogP contribution is 1.94. The smallest absolute Gasteiger partial charge is 0.305 e. The van der Waals surface area contributed by atoms with Crippen LogP contribution >= 0.6 is 0 Å². The summed E-state index contributed by atoms with van der Waals surface area (Å²) < 4.78 is 0. The molecule has 1 unspecified atom stereocenters. The topological polar surface area (TPSA) is 95.5 Å². The summed E-state index contributed by atoms with van der Waals surface area (Å²) in [6.45, 7) is 3.79. The molecule has 3 N–H and O–H groups in total. The summed E-state index contributed by atoms with van der Waals surface area (Å²) >= 11 is 0. The van der Waals surface area contributed by atoms with E-state index in [9.17, 15) is 14.4 Å². The summed E-state index contributed by atoms with van der Waals surface area (Å²) in [6, 6.07) is -0.644. The Morgan fingerprint density at radius 2 is 1.81 bits per heavy atom. The zero-order chi connectivity index (χ0) is 12.6. The molecule has 0 heterocycles. The molecule has 0 saturated heterocycles. The molecule has 92 valence electrons. The lowest BCUT2D eigenvalue weighted by molar-refractivity contribution is -0.139. The Morgan fingerprint density at radius 1 is 1.19 bits per heavy atom. The summed E-state index contributed by atoms with van der Waals surface area (Å²) in [5.74, 6) is -1.30. The van der Waals surface area contributed by atoms with Crippen molar-refractivity contribution in [3.8, 4) is 0 Å². The van der Waals surface area contributed by atoms with Crippen molar-refractivity contribution >= 4 is 17.7 Å². The third-order valence-corrected chi connectivity index (χ3v) is 1.99. The van der Waals surface area contributed by atoms with Crippen molar-refractivity contribution in [2.45, 2.75) is 32.7 Å². The van der Waals surface area contributed by atoms with Gasteiger partial charge >= 0.3 is 5.97 Å². The van der Waals surface area contributed by atoms with Crippen LogP contribution in [0.1, 0.15) is 26.7 Å². The fourth-order valence-electron chi connectivity index (χ4n) is 1.16. The van der Waals surface area contributed by atoms with Gasteiger partial charge in [-0.05, 0) is 19.9 Å². The summed E-state index contributed by atoms with van der Waals surface area (Å²) in [5.41, 5.74) is 0. The van der Waals surface area contributed by atoms with Gasteiger partial charge in [0.1, 0.15) is 5.78 Å². The van der Waals surface area contributed by atoms with Gasteiger partial charge in [0.05, 0.1) is 12.5 Å². The Morgan fingerprint density at radius 3 is 2.25 bits per heavy atom. The number of hydrogen-bond acceptors (Lipinski definition) is 4. The second kappa shape index (κ2) is 7.81. The van der Waals surface area contributed by atoms with Crippen molar-refractivity contribution in [3.63, 3.8) is 0 Å². The molecule has 0 spiro atoms. The number of hydrogen-bond donors (Lipinski definition) is 3. The van der Waals surface area contributed by atoms with Crippen molar-refractivity contribution in [1.82, 2.24) is 10.6 Å². The Balaban J connectivity index is 3.72. The van der Waals surface area contributed by atoms with E-state index in [0.717, 1.165) is 0 Å². The molecule has 0 rings (SSSR count). The molecule has 1 atom stereocenters. The van der Waals surface area contributed by atoms with E-state index < -0.39 is 12.0 Å². The van der Waals surface area contributed by atoms with E-state index in [-0.39, 0.29) is 18.1 Å². The van der Waals surface area contributed by atoms with Crippen molar-refractivity contribution in [3.05, 3.63) is 0 Å². The fraction of sp³-hybridized carbons (Fsp3) is 0.700. The van der Waals surface area contributed by atoms with E-state index in [1.807, 2.05) is 0 Å². The van der Waals surface area contributed by atoms with Gasteiger partial charge in [0.25, 0.3) is 0 Å². The van der Waals surface area contributed by atoms with E-state index in [4.69, 9.17) is 5.11 Å². The molecule has 0 aliphatic carbocycles. The Bertz CT molecular complexity index is 266. The lowest BCUT2D eigenvalue weighted by Gasteiger charge is -2.13. The minimum atomic E-state index is -1.01. The normalized spacial score (nSPS) is 11.9. The van der Waals surface area contributed by atoms with Crippen LogP contribution in [0.2, 0.25) is 0 Å². The monoisotopic (exact) mass is 230 g/mol. The summed E-state index contributed by atoms with van der Waals surface area (Å²) in [7, 11) is 0. The number of ketones is 1. The Kier molecular flexibility index (Phi) is 7.11. The predicted octanol–water partition coefficient (Wildman–Crippen LogP) is -0.465. The van der Waals surface area contributed by atoms with E-state index in [1.54, 1.807) is 0 Å². The molecule has 0 saturated carbocycles. The number of Topliss-reactive ketones (excluding diaryl/α,β-unsaturated/α-hetero) is 1. The predicted molar refractivity (Wildman–Crippen MR) is 58.0 cm³/mol. The maximum Gasteiger partial charge on any atom is 0.305 e. The minimum absolute atomic E-state index is 0.103. The number of rotatable bonds is 8. The summed E-state index contributed by atoms with van der Waals surface area (Å²) in [5, 5.41) is 14.0. The average molecular weight is 230 g/mol. The number of carboxylic acids is 1. The highest BCUT2D eigenvalue weighted by atomic mass is 16.4. The van der Waals surface area contributed by atoms with Crippen molar-refractivity contribution in [1.29, 1.82) is 0 Å². The van der Waals surface area contributed by atoms with Crippen LogP contribution in [0.5, 0.6) is 0 Å². The zero-order valence-corrected chi connectivity index (χ0v) is 9.58. The molecule has 0 aliphatic rings. The van der Waals surface area contributed by atoms with Gasteiger partial charge in [-0.2, -0.15) is 0 Å². The molecule has 6 heteroatoms. The van der Waals surface area contributed by atoms with Gasteiger partial charge in [0.2, 0.25) is 5.91 Å². The summed E-state index contributed by atoms with van der Waals surface area (Å²) in [6.07, 6.45) is 0.443. The first kappa shape index (κ1) is 14.6. The molecule has 0 aliphatic heterocycles. The molecule has 0 radical (unpaired) electrons. The van der Waals surface area contributed by atoms with Crippen LogP contribution in [-0.2, 0) is 14.4 Å². The third-order valence-electron chi connectivity index (χ3n) is 1.99. The van der Waals surface area contributed by atoms with Crippen molar-refractivity contribution in [2.24, 2.45) is 0 Å². The van der Waals surface area contributed by atoms with Crippen LogP contribution < -0.4 is 10.6 Å². The van der Waals surface area contributed by atoms with Crippen LogP contribution in [0.4, 0.5) is 0 Å². The van der Waals surface area contributed by atoms with Gasteiger partial charge in [0, 0.05) is 13.5 Å². The molecular formula is C10H18N2O4. The highest BCUT2D eigenvalue weighted by molar-refractivity contribution is 5.85. The van der Waals surface area contributed by atoms with Crippen LogP contribution in [0.15, 0.2) is 0 Å². The number of nitrogens with one attached hydrogen (secondary N) is 2. The molecule has 1 amide bonds. The van der Waals surface area contributed by atoms with Gasteiger partial charge < -0.3 is 15.7 Å². The van der Waals surface area contributed by atoms with Gasteiger partial charge in [-0.15, -0.1) is 0 Å². The van der Waals surface area contributed by atoms with Crippen LogP contribution in [0.25, 0.3) is 0 Å². The van der Waals surface area contributed by atoms with E-state index >= 15 is 0 Å². The van der Waals surface area contributed by atoms with Crippen molar-refractivity contribution < 1.29 is 19.5 Å². The molecule has 0 bridgehead atoms. The first-order chi connectivity index (χ1) is 7.43. The molecule has 0 aromatic carbocycles. The second-order valence-electron chi connectivity index (χ2n) is 3.55. The number of carboxylic acid groups (broad SMARTS) is 1. The largest absolute Gasteiger partial charge is 0.481 e. The average Bonchev–Trinajstić information content (AvgIpc) is 2.14. The van der Waals surface area contributed by atoms with Crippen molar-refractivity contribution in [2.75, 3.05) is 13.1 Å². The standard InChI is InChI=1S/C10H18N2O4/c1-7(13)9(6-10(15)16)12-5-3-4-11-8(2)14/h9,12H,3-6H2,1-2H3,(H,11,14)(H,15,16). The summed E-state index contributed by atoms with van der Waals surface area (Å²) in [4.78, 5) is 32.0. The van der Waals surface area contributed by atoms with E-state index in [1.165, 1.54) is 13.8 Å². The molecule has 6 nitrogen and oxygen atoms in total. The van der Waals surface area contributed by atoms with Gasteiger partial charge in [-0.1, -0.05) is 0 Å². The number of carbonyl (C=O) groups excluding carboxylic acids is 2. The third kappa shape index (κ3) is 7.93. The van der Waals surface area contributed by atoms with Crippen LogP contribution in [0, 0.1) is 0 Å². The molecular weight excluding hydrogens is 212 g/mol. The van der Waals surface area contributed by atoms with E-state index in [2.05, 4.69) is 10.6 Å². The first-order valence-corrected chi connectivity index (χ1v) is 5.13. The lowest BCUT2D eigenvalue weighted by atomic mass is 10.1. The number of carbonyl (C=O) groups is 3. The second-order valence-corrected chi connectivity index (χ2v) is 3.55. The van der Waals surface area contributed by atoms with Crippen LogP contribution in [0.3, 0.4) is 0 Å². The number of aliphatic carboxylic acids is 1.